The summed E-state index contributed by atoms with van der Waals surface area (Å²) in [6.45, 7) is 74.6. The zero-order valence-corrected chi connectivity index (χ0v) is 53.6. The Kier molecular flexibility index (Phi) is 31.4. The zero-order chi connectivity index (χ0) is 56.8. The molecule has 5 heterocycles. The van der Waals surface area contributed by atoms with Gasteiger partial charge in [0.2, 0.25) is 17.7 Å². The van der Waals surface area contributed by atoms with Gasteiger partial charge in [0.25, 0.3) is 0 Å². The van der Waals surface area contributed by atoms with Crippen LogP contribution in [0, 0.1) is 16.2 Å². The molecule has 5 aromatic rings. The van der Waals surface area contributed by atoms with Crippen LogP contribution < -0.4 is 0 Å². The van der Waals surface area contributed by atoms with Crippen LogP contribution >= 0.6 is 22.7 Å². The van der Waals surface area contributed by atoms with Crippen molar-refractivity contribution in [1.29, 1.82) is 0 Å². The Morgan fingerprint density at radius 3 is 0.886 bits per heavy atom. The quantitative estimate of drug-likeness (QED) is 0.146. The third-order valence-corrected chi connectivity index (χ3v) is 9.55. The number of hydrogen-bond acceptors (Lipinski definition) is 13. The minimum atomic E-state index is -0.0590. The standard InChI is InChI=1S/2C10H18N2O.C10H18N2S.C7H11NS.3C5H12.C3H3NO.C2H6/c1-9(2,3)7-11-12-8(13-7)10(4,5)6;1-9(2,3)7-11-8(13-12-7)10(4,5)6;1-9(2,3)7-11-12-8(13-7)10(4,5)6;1-7(2,3)6-8-4-5-9-6;3*1-5(2,3)4;1-2-5-3-4-1;1-2/h3*1-6H3;4-5H,1-3H3;3*1-4H3;1-3H;1-2H3. The van der Waals surface area contributed by atoms with E-state index in [1.807, 2.05) is 25.4 Å². The summed E-state index contributed by atoms with van der Waals surface area (Å²) >= 11 is 3.44. The molecule has 13 heteroatoms. The topological polar surface area (TPSA) is 143 Å². The zero-order valence-electron chi connectivity index (χ0n) is 52.0. The first kappa shape index (κ1) is 73.2. The molecule has 0 fully saturated rings. The van der Waals surface area contributed by atoms with Crippen LogP contribution in [-0.2, 0) is 37.9 Å². The average Bonchev–Trinajstić information content (AvgIpc) is 3.96. The lowest BCUT2D eigenvalue weighted by Gasteiger charge is -2.14. The number of nitrogens with zero attached hydrogens (tertiary/aromatic N) is 8. The third-order valence-electron chi connectivity index (χ3n) is 6.58. The van der Waals surface area contributed by atoms with E-state index in [2.05, 4.69) is 273 Å². The first-order valence-corrected chi connectivity index (χ1v) is 26.7. The first-order valence-electron chi connectivity index (χ1n) is 25.0. The van der Waals surface area contributed by atoms with Crippen molar-refractivity contribution in [3.63, 3.8) is 0 Å². The molecule has 0 aromatic carbocycles. The maximum atomic E-state index is 5.59. The van der Waals surface area contributed by atoms with Crippen LogP contribution in [0.25, 0.3) is 0 Å². The molecule has 0 saturated heterocycles. The summed E-state index contributed by atoms with van der Waals surface area (Å²) < 4.78 is 15.3. The smallest absolute Gasteiger partial charge is 0.232 e. The van der Waals surface area contributed by atoms with Gasteiger partial charge in [-0.25, -0.2) is 9.97 Å². The van der Waals surface area contributed by atoms with Crippen LogP contribution in [0.4, 0.5) is 0 Å². The van der Waals surface area contributed by atoms with Gasteiger partial charge < -0.3 is 13.4 Å². The lowest BCUT2D eigenvalue weighted by Crippen LogP contribution is -2.15. The van der Waals surface area contributed by atoms with Gasteiger partial charge in [0.1, 0.15) is 16.3 Å². The van der Waals surface area contributed by atoms with E-state index in [0.717, 1.165) is 15.8 Å². The lowest BCUT2D eigenvalue weighted by molar-refractivity contribution is 0.314. The molecule has 0 radical (unpaired) electrons. The van der Waals surface area contributed by atoms with Crippen molar-refractivity contribution in [2.75, 3.05) is 0 Å². The summed E-state index contributed by atoms with van der Waals surface area (Å²) in [5.74, 6) is 2.89. The number of oxazole rings is 1. The fourth-order valence-corrected chi connectivity index (χ4v) is 4.95. The van der Waals surface area contributed by atoms with Crippen LogP contribution in [0.15, 0.2) is 43.8 Å². The van der Waals surface area contributed by atoms with Crippen LogP contribution in [0.3, 0.4) is 0 Å². The Labute approximate surface area is 439 Å². The minimum absolute atomic E-state index is 0.0347. The number of hydrogen-bond donors (Lipinski definition) is 0. The molecule has 408 valence electrons. The average molecular weight is 1020 g/mol. The molecule has 0 N–H and O–H groups in total. The van der Waals surface area contributed by atoms with Crippen molar-refractivity contribution in [3.05, 3.63) is 68.9 Å². The second-order valence-electron chi connectivity index (χ2n) is 29.0. The van der Waals surface area contributed by atoms with E-state index < -0.39 is 0 Å². The Hall–Kier alpha value is -3.32. The Morgan fingerprint density at radius 1 is 0.400 bits per heavy atom. The molecule has 70 heavy (non-hydrogen) atoms. The van der Waals surface area contributed by atoms with Gasteiger partial charge in [0.05, 0.1) is 11.2 Å². The number of aromatic nitrogens is 8. The second-order valence-corrected chi connectivity index (χ2v) is 30.9. The molecule has 0 bridgehead atoms. The molecule has 11 nitrogen and oxygen atoms in total. The largest absolute Gasteiger partial charge is 0.452 e. The van der Waals surface area contributed by atoms with Crippen molar-refractivity contribution < 1.29 is 13.4 Å². The van der Waals surface area contributed by atoms with E-state index in [1.165, 1.54) is 17.7 Å². The summed E-state index contributed by atoms with van der Waals surface area (Å²) in [7, 11) is 0. The Bertz CT molecular complexity index is 1690. The van der Waals surface area contributed by atoms with Crippen molar-refractivity contribution in [2.24, 2.45) is 16.2 Å². The maximum Gasteiger partial charge on any atom is 0.232 e. The molecule has 0 saturated carbocycles. The molecule has 0 unspecified atom stereocenters. The van der Waals surface area contributed by atoms with E-state index in [9.17, 15) is 0 Å². The summed E-state index contributed by atoms with van der Waals surface area (Å²) in [6.07, 6.45) is 6.32. The van der Waals surface area contributed by atoms with E-state index in [4.69, 9.17) is 8.94 Å². The molecular formula is C57H110N8O3S2. The summed E-state index contributed by atoms with van der Waals surface area (Å²) in [5.41, 5.74) is 1.77. The number of rotatable bonds is 0. The molecular weight excluding hydrogens is 909 g/mol. The van der Waals surface area contributed by atoms with Crippen LogP contribution in [0.1, 0.15) is 281 Å². The highest BCUT2D eigenvalue weighted by Crippen LogP contribution is 2.32. The highest BCUT2D eigenvalue weighted by atomic mass is 32.1. The normalized spacial score (nSPS) is 12.2. The van der Waals surface area contributed by atoms with E-state index in [1.54, 1.807) is 28.9 Å². The molecule has 0 aliphatic rings. The van der Waals surface area contributed by atoms with Crippen molar-refractivity contribution in [3.8, 4) is 0 Å². The van der Waals surface area contributed by atoms with Gasteiger partial charge in [-0.2, -0.15) is 4.98 Å². The predicted octanol–water partition coefficient (Wildman–Crippen LogP) is 18.8. The van der Waals surface area contributed by atoms with Gasteiger partial charge in [-0.15, -0.1) is 43.1 Å². The van der Waals surface area contributed by atoms with Crippen LogP contribution in [0.5, 0.6) is 0 Å². The molecule has 5 rings (SSSR count). The summed E-state index contributed by atoms with van der Waals surface area (Å²) in [4.78, 5) is 12.1. The molecule has 0 aliphatic carbocycles. The Balaban J connectivity index is -0.000000366. The highest BCUT2D eigenvalue weighted by Gasteiger charge is 2.28. The SMILES string of the molecule is CC.CC(C)(C)C.CC(C)(C)C.CC(C)(C)C.CC(C)(C)c1nccs1.CC(C)(C)c1nnc(C(C)(C)C)o1.CC(C)(C)c1nnc(C(C)(C)C)s1.CC(C)(C)c1noc(C(C)(C)C)n1.c1cocn1. The van der Waals surface area contributed by atoms with Gasteiger partial charge in [-0.3, -0.25) is 0 Å². The maximum absolute atomic E-state index is 5.59. The predicted molar refractivity (Wildman–Crippen MR) is 305 cm³/mol. The van der Waals surface area contributed by atoms with Crippen molar-refractivity contribution >= 4 is 22.7 Å². The minimum Gasteiger partial charge on any atom is -0.452 e. The lowest BCUT2D eigenvalue weighted by atomic mass is 9.94. The van der Waals surface area contributed by atoms with E-state index in [-0.39, 0.29) is 37.9 Å². The van der Waals surface area contributed by atoms with Gasteiger partial charge in [-0.05, 0) is 16.2 Å². The third kappa shape index (κ3) is 43.5. The van der Waals surface area contributed by atoms with Gasteiger partial charge in [0.15, 0.2) is 12.2 Å². The van der Waals surface area contributed by atoms with Gasteiger partial charge >= 0.3 is 0 Å². The fraction of sp³-hybridized carbons (Fsp3) is 0.789. The number of thiazole rings is 1. The second kappa shape index (κ2) is 30.0. The van der Waals surface area contributed by atoms with Crippen molar-refractivity contribution in [1.82, 2.24) is 40.5 Å². The monoisotopic (exact) mass is 1020 g/mol. The summed E-state index contributed by atoms with van der Waals surface area (Å²) in [5, 5.41) is 26.0. The molecule has 0 amide bonds. The Morgan fingerprint density at radius 2 is 0.743 bits per heavy atom. The highest BCUT2D eigenvalue weighted by molar-refractivity contribution is 7.11. The fourth-order valence-electron chi connectivity index (χ4n) is 3.26. The molecule has 0 spiro atoms. The van der Waals surface area contributed by atoms with Crippen molar-refractivity contribution in [2.45, 2.75) is 280 Å². The molecule has 0 atom stereocenters. The molecule has 5 aromatic heterocycles. The van der Waals surface area contributed by atoms with E-state index in [0.29, 0.717) is 33.9 Å². The first-order chi connectivity index (χ1) is 30.7. The summed E-state index contributed by atoms with van der Waals surface area (Å²) in [6, 6.07) is 0. The van der Waals surface area contributed by atoms with Crippen LogP contribution in [0.2, 0.25) is 0 Å². The van der Waals surface area contributed by atoms with Crippen LogP contribution in [-0.4, -0.2) is 40.5 Å². The molecule has 0 aliphatic heterocycles. The van der Waals surface area contributed by atoms with E-state index >= 15 is 0 Å². The van der Waals surface area contributed by atoms with Gasteiger partial charge in [0, 0.05) is 49.5 Å². The van der Waals surface area contributed by atoms with Gasteiger partial charge in [-0.1, -0.05) is 247 Å².